The molecule has 130 valence electrons. The molecule has 2 aromatic heterocycles. The van der Waals surface area contributed by atoms with Gasteiger partial charge in [-0.1, -0.05) is 12.1 Å². The van der Waals surface area contributed by atoms with Gasteiger partial charge in [-0.25, -0.2) is 9.78 Å². The zero-order valence-corrected chi connectivity index (χ0v) is 14.5. The van der Waals surface area contributed by atoms with Crippen molar-refractivity contribution < 1.29 is 14.0 Å². The molecule has 7 nitrogen and oxygen atoms in total. The smallest absolute Gasteiger partial charge is 0.321 e. The van der Waals surface area contributed by atoms with E-state index in [-0.39, 0.29) is 19.0 Å². The first-order chi connectivity index (χ1) is 12.1. The summed E-state index contributed by atoms with van der Waals surface area (Å²) < 4.78 is 6.22. The van der Waals surface area contributed by atoms with E-state index in [2.05, 4.69) is 15.6 Å². The van der Waals surface area contributed by atoms with E-state index >= 15 is 0 Å². The van der Waals surface area contributed by atoms with E-state index < -0.39 is 6.03 Å². The molecule has 0 aliphatic heterocycles. The number of carbonyl (C=O) groups is 2. The van der Waals surface area contributed by atoms with Crippen LogP contribution in [0.15, 0.2) is 47.1 Å². The molecule has 3 rings (SSSR count). The third-order valence-electron chi connectivity index (χ3n) is 3.41. The second-order valence-corrected chi connectivity index (χ2v) is 6.67. The predicted molar refractivity (Wildman–Crippen MR) is 95.0 cm³/mol. The first-order valence-corrected chi connectivity index (χ1v) is 8.55. The molecule has 2 N–H and O–H groups in total. The predicted octanol–water partition coefficient (Wildman–Crippen LogP) is 2.35. The SMILES string of the molecule is CN(CC(=O)NC(=O)NCc1ccco1)Cc1nc2ccccc2s1. The van der Waals surface area contributed by atoms with Crippen LogP contribution in [0.5, 0.6) is 0 Å². The van der Waals surface area contributed by atoms with E-state index in [1.807, 2.05) is 36.2 Å². The highest BCUT2D eigenvalue weighted by atomic mass is 32.1. The van der Waals surface area contributed by atoms with Crippen molar-refractivity contribution in [1.82, 2.24) is 20.5 Å². The molecule has 25 heavy (non-hydrogen) atoms. The number of nitrogens with one attached hydrogen (secondary N) is 2. The van der Waals surface area contributed by atoms with Crippen LogP contribution in [-0.4, -0.2) is 35.4 Å². The largest absolute Gasteiger partial charge is 0.467 e. The number of hydrogen-bond donors (Lipinski definition) is 2. The molecule has 0 bridgehead atoms. The zero-order chi connectivity index (χ0) is 17.6. The van der Waals surface area contributed by atoms with Gasteiger partial charge in [0, 0.05) is 0 Å². The maximum absolute atomic E-state index is 11.9. The van der Waals surface area contributed by atoms with Crippen LogP contribution in [0.4, 0.5) is 4.79 Å². The third-order valence-corrected chi connectivity index (χ3v) is 4.43. The normalized spacial score (nSPS) is 11.0. The van der Waals surface area contributed by atoms with Crippen LogP contribution in [0.2, 0.25) is 0 Å². The fraction of sp³-hybridized carbons (Fsp3) is 0.235. The van der Waals surface area contributed by atoms with Gasteiger partial charge in [-0.2, -0.15) is 0 Å². The molecule has 8 heteroatoms. The van der Waals surface area contributed by atoms with Crippen molar-refractivity contribution in [2.24, 2.45) is 0 Å². The molecule has 0 saturated carbocycles. The molecule has 0 fully saturated rings. The van der Waals surface area contributed by atoms with Crippen LogP contribution >= 0.6 is 11.3 Å². The molecule has 3 aromatic rings. The summed E-state index contributed by atoms with van der Waals surface area (Å²) in [7, 11) is 1.81. The van der Waals surface area contributed by atoms with Gasteiger partial charge >= 0.3 is 6.03 Å². The molecule has 1 aromatic carbocycles. The summed E-state index contributed by atoms with van der Waals surface area (Å²) in [6.45, 7) is 0.874. The summed E-state index contributed by atoms with van der Waals surface area (Å²) in [5.74, 6) is 0.246. The Labute approximate surface area is 148 Å². The molecule has 0 atom stereocenters. The lowest BCUT2D eigenvalue weighted by Gasteiger charge is -2.14. The number of urea groups is 1. The van der Waals surface area contributed by atoms with Gasteiger partial charge in [0.15, 0.2) is 0 Å². The van der Waals surface area contributed by atoms with E-state index in [0.717, 1.165) is 15.2 Å². The lowest BCUT2D eigenvalue weighted by Crippen LogP contribution is -2.43. The molecular weight excluding hydrogens is 340 g/mol. The number of nitrogens with zero attached hydrogens (tertiary/aromatic N) is 2. The van der Waals surface area contributed by atoms with Crippen molar-refractivity contribution in [3.63, 3.8) is 0 Å². The van der Waals surface area contributed by atoms with Gasteiger partial charge in [0.05, 0.1) is 36.1 Å². The number of likely N-dealkylation sites (N-methyl/N-ethyl adjacent to an activating group) is 1. The number of furan rings is 1. The van der Waals surface area contributed by atoms with Gasteiger partial charge in [-0.15, -0.1) is 11.3 Å². The second kappa shape index (κ2) is 7.91. The van der Waals surface area contributed by atoms with Crippen molar-refractivity contribution in [3.8, 4) is 0 Å². The van der Waals surface area contributed by atoms with Crippen molar-refractivity contribution in [1.29, 1.82) is 0 Å². The molecule has 0 spiro atoms. The first-order valence-electron chi connectivity index (χ1n) is 7.73. The van der Waals surface area contributed by atoms with E-state index in [1.54, 1.807) is 23.5 Å². The standard InChI is InChI=1S/C17H18N4O3S/c1-21(11-16-19-13-6-2-3-7-14(13)25-16)10-15(22)20-17(23)18-9-12-5-4-8-24-12/h2-8H,9-11H2,1H3,(H2,18,20,22,23). The number of para-hydroxylation sites is 1. The highest BCUT2D eigenvalue weighted by molar-refractivity contribution is 7.18. The Bertz CT molecular complexity index is 827. The van der Waals surface area contributed by atoms with E-state index in [9.17, 15) is 9.59 Å². The maximum atomic E-state index is 11.9. The van der Waals surface area contributed by atoms with Crippen molar-refractivity contribution >= 4 is 33.5 Å². The highest BCUT2D eigenvalue weighted by Crippen LogP contribution is 2.22. The first kappa shape index (κ1) is 17.1. The van der Waals surface area contributed by atoms with Gasteiger partial charge in [-0.05, 0) is 31.3 Å². The van der Waals surface area contributed by atoms with Gasteiger partial charge in [0.2, 0.25) is 5.91 Å². The minimum absolute atomic E-state index is 0.101. The number of rotatable bonds is 6. The Morgan fingerprint density at radius 2 is 2.08 bits per heavy atom. The van der Waals surface area contributed by atoms with E-state index in [1.165, 1.54) is 6.26 Å². The number of imide groups is 1. The molecule has 0 saturated heterocycles. The lowest BCUT2D eigenvalue weighted by molar-refractivity contribution is -0.120. The Kier molecular flexibility index (Phi) is 5.42. The van der Waals surface area contributed by atoms with Gasteiger partial charge in [0.25, 0.3) is 0 Å². The van der Waals surface area contributed by atoms with E-state index in [4.69, 9.17) is 4.42 Å². The summed E-state index contributed by atoms with van der Waals surface area (Å²) >= 11 is 1.60. The minimum atomic E-state index is -0.546. The van der Waals surface area contributed by atoms with Crippen molar-refractivity contribution in [3.05, 3.63) is 53.4 Å². The number of carbonyl (C=O) groups excluding carboxylic acids is 2. The lowest BCUT2D eigenvalue weighted by atomic mass is 10.3. The van der Waals surface area contributed by atoms with Crippen LogP contribution in [-0.2, 0) is 17.9 Å². The molecule has 3 amide bonds. The van der Waals surface area contributed by atoms with E-state index in [0.29, 0.717) is 12.3 Å². The number of aromatic nitrogens is 1. The Morgan fingerprint density at radius 3 is 2.84 bits per heavy atom. The van der Waals surface area contributed by atoms with Crippen LogP contribution in [0, 0.1) is 0 Å². The Balaban J connectivity index is 1.44. The fourth-order valence-electron chi connectivity index (χ4n) is 2.31. The number of thiazole rings is 1. The average Bonchev–Trinajstić information content (AvgIpc) is 3.21. The molecule has 0 aliphatic carbocycles. The van der Waals surface area contributed by atoms with Crippen molar-refractivity contribution in [2.45, 2.75) is 13.1 Å². The second-order valence-electron chi connectivity index (χ2n) is 5.56. The summed E-state index contributed by atoms with van der Waals surface area (Å²) in [5.41, 5.74) is 0.956. The number of benzene rings is 1. The summed E-state index contributed by atoms with van der Waals surface area (Å²) in [5, 5.41) is 5.79. The Morgan fingerprint density at radius 1 is 1.24 bits per heavy atom. The van der Waals surface area contributed by atoms with Gasteiger partial charge < -0.3 is 9.73 Å². The highest BCUT2D eigenvalue weighted by Gasteiger charge is 2.12. The van der Waals surface area contributed by atoms with Gasteiger partial charge in [0.1, 0.15) is 10.8 Å². The molecule has 0 radical (unpaired) electrons. The quantitative estimate of drug-likeness (QED) is 0.706. The number of hydrogen-bond acceptors (Lipinski definition) is 6. The van der Waals surface area contributed by atoms with Crippen LogP contribution in [0.25, 0.3) is 10.2 Å². The number of fused-ring (bicyclic) bond motifs is 1. The van der Waals surface area contributed by atoms with Crippen molar-refractivity contribution in [2.75, 3.05) is 13.6 Å². The van der Waals surface area contributed by atoms with Crippen LogP contribution in [0.3, 0.4) is 0 Å². The zero-order valence-electron chi connectivity index (χ0n) is 13.7. The molecule has 0 aliphatic rings. The van der Waals surface area contributed by atoms with Gasteiger partial charge in [-0.3, -0.25) is 15.0 Å². The monoisotopic (exact) mass is 358 g/mol. The summed E-state index contributed by atoms with van der Waals surface area (Å²) in [6, 6.07) is 10.8. The van der Waals surface area contributed by atoms with Crippen LogP contribution < -0.4 is 10.6 Å². The maximum Gasteiger partial charge on any atom is 0.321 e. The topological polar surface area (TPSA) is 87.5 Å². The molecular formula is C17H18N4O3S. The fourth-order valence-corrected chi connectivity index (χ4v) is 3.36. The molecule has 0 unspecified atom stereocenters. The number of amides is 3. The Hall–Kier alpha value is -2.71. The third kappa shape index (κ3) is 4.88. The molecule has 2 heterocycles. The average molecular weight is 358 g/mol. The summed E-state index contributed by atoms with van der Waals surface area (Å²) in [6.07, 6.45) is 1.52. The summed E-state index contributed by atoms with van der Waals surface area (Å²) in [4.78, 5) is 30.0. The minimum Gasteiger partial charge on any atom is -0.467 e. The van der Waals surface area contributed by atoms with Crippen LogP contribution in [0.1, 0.15) is 10.8 Å².